The molecule has 2 nitrogen and oxygen atoms in total. The van der Waals surface area contributed by atoms with Crippen molar-refractivity contribution in [2.24, 2.45) is 0 Å². The van der Waals surface area contributed by atoms with Gasteiger partial charge in [-0.1, -0.05) is 50.2 Å². The molecule has 1 aliphatic carbocycles. The molecule has 1 aromatic heterocycles. The van der Waals surface area contributed by atoms with Gasteiger partial charge in [0.1, 0.15) is 0 Å². The summed E-state index contributed by atoms with van der Waals surface area (Å²) in [6.07, 6.45) is 0. The molecule has 0 atom stereocenters. The second-order valence-electron chi connectivity index (χ2n) is 9.32. The Hall–Kier alpha value is -1.62. The molecule has 27 heavy (non-hydrogen) atoms. The molecular formula is C23H25BO2S. The summed E-state index contributed by atoms with van der Waals surface area (Å²) in [6, 6.07) is 15.5. The van der Waals surface area contributed by atoms with Crippen LogP contribution in [-0.4, -0.2) is 18.3 Å². The first kappa shape index (κ1) is 17.5. The molecule has 0 bridgehead atoms. The van der Waals surface area contributed by atoms with Gasteiger partial charge in [0.15, 0.2) is 0 Å². The monoisotopic (exact) mass is 376 g/mol. The van der Waals surface area contributed by atoms with Gasteiger partial charge >= 0.3 is 7.12 Å². The zero-order valence-electron chi connectivity index (χ0n) is 16.8. The summed E-state index contributed by atoms with van der Waals surface area (Å²) in [6.45, 7) is 13.1. The topological polar surface area (TPSA) is 18.5 Å². The maximum atomic E-state index is 6.29. The van der Waals surface area contributed by atoms with E-state index < -0.39 is 0 Å². The third kappa shape index (κ3) is 2.27. The van der Waals surface area contributed by atoms with Crippen molar-refractivity contribution in [3.05, 3.63) is 53.6 Å². The Bertz CT molecular complexity index is 1060. The lowest BCUT2D eigenvalue weighted by atomic mass is 9.74. The van der Waals surface area contributed by atoms with Crippen LogP contribution < -0.4 is 5.46 Å². The van der Waals surface area contributed by atoms with E-state index in [-0.39, 0.29) is 23.7 Å². The molecule has 1 saturated heterocycles. The van der Waals surface area contributed by atoms with Crippen LogP contribution in [0.25, 0.3) is 20.5 Å². The molecule has 0 radical (unpaired) electrons. The normalized spacial score (nSPS) is 21.5. The molecule has 138 valence electrons. The summed E-state index contributed by atoms with van der Waals surface area (Å²) in [7, 11) is -0.313. The lowest BCUT2D eigenvalue weighted by molar-refractivity contribution is 0.00578. The Morgan fingerprint density at radius 2 is 1.52 bits per heavy atom. The Morgan fingerprint density at radius 3 is 2.22 bits per heavy atom. The first-order chi connectivity index (χ1) is 12.6. The lowest BCUT2D eigenvalue weighted by Gasteiger charge is -2.32. The molecular weight excluding hydrogens is 351 g/mol. The van der Waals surface area contributed by atoms with Gasteiger partial charge in [-0.3, -0.25) is 0 Å². The Morgan fingerprint density at radius 1 is 0.852 bits per heavy atom. The highest BCUT2D eigenvalue weighted by molar-refractivity contribution is 7.22. The molecule has 2 heterocycles. The molecule has 0 amide bonds. The highest BCUT2D eigenvalue weighted by Gasteiger charge is 2.52. The molecule has 0 saturated carbocycles. The largest absolute Gasteiger partial charge is 0.494 e. The zero-order chi connectivity index (χ0) is 19.2. The highest BCUT2D eigenvalue weighted by atomic mass is 32.1. The third-order valence-corrected chi connectivity index (χ3v) is 7.91. The summed E-state index contributed by atoms with van der Waals surface area (Å²) in [5, 5.41) is 1.39. The van der Waals surface area contributed by atoms with Gasteiger partial charge in [-0.25, -0.2) is 0 Å². The first-order valence-corrected chi connectivity index (χ1v) is 10.5. The van der Waals surface area contributed by atoms with Crippen molar-refractivity contribution in [3.63, 3.8) is 0 Å². The van der Waals surface area contributed by atoms with Crippen molar-refractivity contribution >= 4 is 34.0 Å². The number of benzene rings is 2. The van der Waals surface area contributed by atoms with E-state index in [1.54, 1.807) is 0 Å². The van der Waals surface area contributed by atoms with Gasteiger partial charge in [-0.15, -0.1) is 11.3 Å². The van der Waals surface area contributed by atoms with Gasteiger partial charge in [-0.2, -0.15) is 0 Å². The van der Waals surface area contributed by atoms with Crippen molar-refractivity contribution in [2.75, 3.05) is 0 Å². The van der Waals surface area contributed by atoms with Gasteiger partial charge in [0.25, 0.3) is 0 Å². The van der Waals surface area contributed by atoms with Crippen LogP contribution in [0.15, 0.2) is 42.5 Å². The van der Waals surface area contributed by atoms with E-state index in [0.29, 0.717) is 0 Å². The van der Waals surface area contributed by atoms with Gasteiger partial charge in [-0.05, 0) is 61.3 Å². The van der Waals surface area contributed by atoms with E-state index in [2.05, 4.69) is 84.0 Å². The van der Waals surface area contributed by atoms with Crippen LogP contribution in [0.1, 0.15) is 52.7 Å². The Balaban J connectivity index is 1.63. The van der Waals surface area contributed by atoms with Crippen LogP contribution in [0.3, 0.4) is 0 Å². The number of hydrogen-bond donors (Lipinski definition) is 0. The molecule has 5 rings (SSSR count). The lowest BCUT2D eigenvalue weighted by Crippen LogP contribution is -2.41. The Kier molecular flexibility index (Phi) is 3.40. The van der Waals surface area contributed by atoms with Crippen LogP contribution >= 0.6 is 11.3 Å². The summed E-state index contributed by atoms with van der Waals surface area (Å²) < 4.78 is 13.9. The number of hydrogen-bond acceptors (Lipinski definition) is 3. The second kappa shape index (κ2) is 5.25. The minimum Gasteiger partial charge on any atom is -0.399 e. The summed E-state index contributed by atoms with van der Waals surface area (Å²) >= 11 is 1.91. The van der Waals surface area contributed by atoms with Crippen molar-refractivity contribution in [1.82, 2.24) is 0 Å². The van der Waals surface area contributed by atoms with Crippen molar-refractivity contribution in [1.29, 1.82) is 0 Å². The number of rotatable bonds is 1. The van der Waals surface area contributed by atoms with Gasteiger partial charge in [0, 0.05) is 15.0 Å². The fraction of sp³-hybridized carbons (Fsp3) is 0.391. The maximum Gasteiger partial charge on any atom is 0.494 e. The number of thiophene rings is 1. The summed E-state index contributed by atoms with van der Waals surface area (Å²) in [5.74, 6) is 0. The third-order valence-electron chi connectivity index (χ3n) is 6.71. The van der Waals surface area contributed by atoms with E-state index in [4.69, 9.17) is 9.31 Å². The van der Waals surface area contributed by atoms with E-state index in [1.165, 1.54) is 31.7 Å². The van der Waals surface area contributed by atoms with E-state index in [9.17, 15) is 0 Å². The minimum atomic E-state index is -0.318. The molecule has 0 unspecified atom stereocenters. The molecule has 0 spiro atoms. The quantitative estimate of drug-likeness (QED) is 0.522. The van der Waals surface area contributed by atoms with E-state index in [1.807, 2.05) is 11.3 Å². The van der Waals surface area contributed by atoms with E-state index >= 15 is 0 Å². The SMILES string of the molecule is CC1(C)c2cc(B3OC(C)(C)C(C)(C)O3)ccc2-c2sc3ccccc3c21. The van der Waals surface area contributed by atoms with Crippen molar-refractivity contribution in [2.45, 2.75) is 58.2 Å². The van der Waals surface area contributed by atoms with Gasteiger partial charge < -0.3 is 9.31 Å². The van der Waals surface area contributed by atoms with Crippen LogP contribution in [0.2, 0.25) is 0 Å². The molecule has 2 aliphatic rings. The molecule has 2 aromatic carbocycles. The van der Waals surface area contributed by atoms with Crippen molar-refractivity contribution in [3.8, 4) is 10.4 Å². The predicted molar refractivity (Wildman–Crippen MR) is 115 cm³/mol. The summed E-state index contributed by atoms with van der Waals surface area (Å²) in [4.78, 5) is 1.41. The second-order valence-corrected chi connectivity index (χ2v) is 10.4. The minimum absolute atomic E-state index is 0.0239. The maximum absolute atomic E-state index is 6.29. The average molecular weight is 376 g/mol. The van der Waals surface area contributed by atoms with Gasteiger partial charge in [0.05, 0.1) is 11.2 Å². The fourth-order valence-corrected chi connectivity index (χ4v) is 5.79. The fourth-order valence-electron chi connectivity index (χ4n) is 4.39. The van der Waals surface area contributed by atoms with Crippen LogP contribution in [0, 0.1) is 0 Å². The average Bonchev–Trinajstić information content (AvgIpc) is 3.16. The number of fused-ring (bicyclic) bond motifs is 5. The first-order valence-electron chi connectivity index (χ1n) is 9.64. The summed E-state index contributed by atoms with van der Waals surface area (Å²) in [5.41, 5.74) is 4.65. The molecule has 3 aromatic rings. The molecule has 1 aliphatic heterocycles. The highest BCUT2D eigenvalue weighted by Crippen LogP contribution is 2.55. The molecule has 4 heteroatoms. The van der Waals surface area contributed by atoms with Crippen LogP contribution in [0.5, 0.6) is 0 Å². The molecule has 0 N–H and O–H groups in total. The van der Waals surface area contributed by atoms with Crippen molar-refractivity contribution < 1.29 is 9.31 Å². The predicted octanol–water partition coefficient (Wildman–Crippen LogP) is 5.51. The van der Waals surface area contributed by atoms with Crippen LogP contribution in [0.4, 0.5) is 0 Å². The van der Waals surface area contributed by atoms with E-state index in [0.717, 1.165) is 5.46 Å². The standard InChI is InChI=1S/C23H25BO2S/c1-21(2)17-13-14(24-25-22(3,4)23(5,6)26-24)11-12-15(17)20-19(21)16-9-7-8-10-18(16)27-20/h7-13H,1-6H3. The Labute approximate surface area is 165 Å². The van der Waals surface area contributed by atoms with Crippen LogP contribution in [-0.2, 0) is 14.7 Å². The molecule has 1 fully saturated rings. The zero-order valence-corrected chi connectivity index (χ0v) is 17.7. The van der Waals surface area contributed by atoms with Gasteiger partial charge in [0.2, 0.25) is 0 Å². The smallest absolute Gasteiger partial charge is 0.399 e.